The molecule has 20 heavy (non-hydrogen) atoms. The number of thiocarbonyl (C=S) groups is 1. The molecule has 2 heterocycles. The number of aryl methyl sites for hydroxylation is 1. The molecule has 4 nitrogen and oxygen atoms in total. The van der Waals surface area contributed by atoms with Crippen LogP contribution in [0.15, 0.2) is 36.7 Å². The summed E-state index contributed by atoms with van der Waals surface area (Å²) in [5.41, 5.74) is 8.87. The molecular formula is C15H16N4S. The number of anilines is 2. The second-order valence-electron chi connectivity index (χ2n) is 4.98. The number of aromatic nitrogens is 2. The third kappa shape index (κ3) is 2.14. The van der Waals surface area contributed by atoms with Gasteiger partial charge in [-0.05, 0) is 31.4 Å². The standard InChI is InChI=1S/C15H16N4S/c1-10-6-7-11-4-2-3-5-12(11)19(10)15-13(14(16)20)17-8-9-18-15/h2-5,8-10H,6-7H2,1H3,(H2,16,20). The van der Waals surface area contributed by atoms with E-state index in [0.717, 1.165) is 18.7 Å². The van der Waals surface area contributed by atoms with Crippen LogP contribution in [0.4, 0.5) is 11.5 Å². The Bertz CT molecular complexity index is 656. The second kappa shape index (κ2) is 5.17. The van der Waals surface area contributed by atoms with E-state index in [1.165, 1.54) is 11.3 Å². The molecule has 0 radical (unpaired) electrons. The number of para-hydroxylation sites is 1. The van der Waals surface area contributed by atoms with Gasteiger partial charge in [0.05, 0.1) is 0 Å². The lowest BCUT2D eigenvalue weighted by Gasteiger charge is -2.36. The Balaban J connectivity index is 2.17. The summed E-state index contributed by atoms with van der Waals surface area (Å²) in [5, 5.41) is 0. The molecule has 1 unspecified atom stereocenters. The number of hydrogen-bond acceptors (Lipinski definition) is 4. The van der Waals surface area contributed by atoms with Gasteiger partial charge in [0.1, 0.15) is 10.7 Å². The predicted octanol–water partition coefficient (Wildman–Crippen LogP) is 2.58. The second-order valence-corrected chi connectivity index (χ2v) is 5.42. The number of fused-ring (bicyclic) bond motifs is 1. The van der Waals surface area contributed by atoms with Gasteiger partial charge in [-0.25, -0.2) is 9.97 Å². The monoisotopic (exact) mass is 284 g/mol. The maximum absolute atomic E-state index is 5.79. The molecule has 0 spiro atoms. The van der Waals surface area contributed by atoms with E-state index in [1.54, 1.807) is 12.4 Å². The first-order valence-electron chi connectivity index (χ1n) is 6.66. The van der Waals surface area contributed by atoms with Gasteiger partial charge in [0.2, 0.25) is 0 Å². The van der Waals surface area contributed by atoms with Crippen molar-refractivity contribution in [2.75, 3.05) is 4.90 Å². The van der Waals surface area contributed by atoms with Crippen molar-refractivity contribution in [3.8, 4) is 0 Å². The SMILES string of the molecule is CC1CCc2ccccc2N1c1nccnc1C(N)=S. The van der Waals surface area contributed by atoms with Crippen LogP contribution in [-0.2, 0) is 6.42 Å². The number of nitrogens with zero attached hydrogens (tertiary/aromatic N) is 3. The average Bonchev–Trinajstić information content (AvgIpc) is 2.47. The molecule has 1 aromatic heterocycles. The van der Waals surface area contributed by atoms with Gasteiger partial charge in [-0.3, -0.25) is 0 Å². The highest BCUT2D eigenvalue weighted by atomic mass is 32.1. The third-order valence-corrected chi connectivity index (χ3v) is 3.86. The summed E-state index contributed by atoms with van der Waals surface area (Å²) >= 11 is 5.10. The van der Waals surface area contributed by atoms with E-state index in [4.69, 9.17) is 18.0 Å². The zero-order chi connectivity index (χ0) is 14.1. The van der Waals surface area contributed by atoms with Gasteiger partial charge in [0.25, 0.3) is 0 Å². The Morgan fingerprint density at radius 2 is 2.05 bits per heavy atom. The van der Waals surface area contributed by atoms with Gasteiger partial charge in [0.15, 0.2) is 5.82 Å². The highest BCUT2D eigenvalue weighted by Crippen LogP contribution is 2.36. The van der Waals surface area contributed by atoms with Crippen LogP contribution in [0.3, 0.4) is 0 Å². The highest BCUT2D eigenvalue weighted by molar-refractivity contribution is 7.80. The van der Waals surface area contributed by atoms with Crippen LogP contribution in [0, 0.1) is 0 Å². The maximum Gasteiger partial charge on any atom is 0.162 e. The van der Waals surface area contributed by atoms with E-state index in [0.29, 0.717) is 11.7 Å². The molecule has 102 valence electrons. The molecule has 1 aliphatic rings. The van der Waals surface area contributed by atoms with Crippen LogP contribution in [0.5, 0.6) is 0 Å². The van der Waals surface area contributed by atoms with E-state index >= 15 is 0 Å². The normalized spacial score (nSPS) is 17.6. The van der Waals surface area contributed by atoms with Gasteiger partial charge in [-0.2, -0.15) is 0 Å². The highest BCUT2D eigenvalue weighted by Gasteiger charge is 2.27. The molecule has 0 saturated carbocycles. The van der Waals surface area contributed by atoms with Crippen molar-refractivity contribution in [3.63, 3.8) is 0 Å². The van der Waals surface area contributed by atoms with E-state index < -0.39 is 0 Å². The van der Waals surface area contributed by atoms with Crippen LogP contribution in [0.25, 0.3) is 0 Å². The Hall–Kier alpha value is -2.01. The van der Waals surface area contributed by atoms with Crippen molar-refractivity contribution in [1.29, 1.82) is 0 Å². The van der Waals surface area contributed by atoms with E-state index in [1.807, 2.05) is 6.07 Å². The molecule has 1 aromatic carbocycles. The first kappa shape index (κ1) is 13.0. The molecule has 1 aliphatic heterocycles. The van der Waals surface area contributed by atoms with Crippen LogP contribution in [0.2, 0.25) is 0 Å². The molecule has 0 fully saturated rings. The number of rotatable bonds is 2. The minimum atomic E-state index is 0.281. The molecule has 0 bridgehead atoms. The van der Waals surface area contributed by atoms with Crippen LogP contribution < -0.4 is 10.6 Å². The fourth-order valence-corrected chi connectivity index (χ4v) is 2.84. The molecule has 1 atom stereocenters. The number of hydrogen-bond donors (Lipinski definition) is 1. The molecule has 2 aromatic rings. The smallest absolute Gasteiger partial charge is 0.162 e. The topological polar surface area (TPSA) is 55.0 Å². The zero-order valence-electron chi connectivity index (χ0n) is 11.3. The molecule has 0 saturated heterocycles. The molecule has 0 aliphatic carbocycles. The van der Waals surface area contributed by atoms with E-state index in [9.17, 15) is 0 Å². The van der Waals surface area contributed by atoms with Crippen molar-refractivity contribution in [2.24, 2.45) is 5.73 Å². The van der Waals surface area contributed by atoms with Crippen molar-refractivity contribution in [1.82, 2.24) is 9.97 Å². The fourth-order valence-electron chi connectivity index (χ4n) is 2.69. The summed E-state index contributed by atoms with van der Waals surface area (Å²) in [7, 11) is 0. The number of benzene rings is 1. The molecule has 5 heteroatoms. The quantitative estimate of drug-likeness (QED) is 0.859. The van der Waals surface area contributed by atoms with E-state index in [-0.39, 0.29) is 4.99 Å². The summed E-state index contributed by atoms with van der Waals surface area (Å²) < 4.78 is 0. The van der Waals surface area contributed by atoms with Crippen LogP contribution in [-0.4, -0.2) is 21.0 Å². The average molecular weight is 284 g/mol. The van der Waals surface area contributed by atoms with E-state index in [2.05, 4.69) is 40.0 Å². The molecule has 2 N–H and O–H groups in total. The summed E-state index contributed by atoms with van der Waals surface area (Å²) in [6.45, 7) is 2.19. The van der Waals surface area contributed by atoms with Crippen molar-refractivity contribution in [3.05, 3.63) is 47.9 Å². The Morgan fingerprint density at radius 1 is 1.30 bits per heavy atom. The molecule has 3 rings (SSSR count). The zero-order valence-corrected chi connectivity index (χ0v) is 12.1. The Morgan fingerprint density at radius 3 is 2.85 bits per heavy atom. The van der Waals surface area contributed by atoms with Gasteiger partial charge in [-0.1, -0.05) is 30.4 Å². The lowest BCUT2D eigenvalue weighted by molar-refractivity contribution is 0.612. The fraction of sp³-hybridized carbons (Fsp3) is 0.267. The molecule has 0 amide bonds. The summed E-state index contributed by atoms with van der Waals surface area (Å²) in [6.07, 6.45) is 5.46. The lowest BCUT2D eigenvalue weighted by atomic mass is 9.96. The summed E-state index contributed by atoms with van der Waals surface area (Å²) in [4.78, 5) is 11.2. The first-order chi connectivity index (χ1) is 9.68. The predicted molar refractivity (Wildman–Crippen MR) is 84.3 cm³/mol. The minimum Gasteiger partial charge on any atom is -0.388 e. The molecular weight excluding hydrogens is 268 g/mol. The number of nitrogens with two attached hydrogens (primary N) is 1. The van der Waals surface area contributed by atoms with Crippen molar-refractivity contribution >= 4 is 28.7 Å². The van der Waals surface area contributed by atoms with Crippen molar-refractivity contribution in [2.45, 2.75) is 25.8 Å². The summed E-state index contributed by atoms with van der Waals surface area (Å²) in [5.74, 6) is 0.750. The van der Waals surface area contributed by atoms with Gasteiger partial charge >= 0.3 is 0 Å². The van der Waals surface area contributed by atoms with Crippen LogP contribution >= 0.6 is 12.2 Å². The van der Waals surface area contributed by atoms with Crippen LogP contribution in [0.1, 0.15) is 24.6 Å². The Labute approximate surface area is 123 Å². The minimum absolute atomic E-state index is 0.281. The maximum atomic E-state index is 5.79. The summed E-state index contributed by atoms with van der Waals surface area (Å²) in [6, 6.07) is 8.72. The largest absolute Gasteiger partial charge is 0.388 e. The van der Waals surface area contributed by atoms with Gasteiger partial charge in [-0.15, -0.1) is 0 Å². The Kier molecular flexibility index (Phi) is 3.36. The van der Waals surface area contributed by atoms with Gasteiger partial charge < -0.3 is 10.6 Å². The third-order valence-electron chi connectivity index (χ3n) is 3.66. The first-order valence-corrected chi connectivity index (χ1v) is 7.07. The van der Waals surface area contributed by atoms with Gasteiger partial charge in [0, 0.05) is 24.1 Å². The van der Waals surface area contributed by atoms with Crippen molar-refractivity contribution < 1.29 is 0 Å². The lowest BCUT2D eigenvalue weighted by Crippen LogP contribution is -2.35.